The zero-order chi connectivity index (χ0) is 10.3. The van der Waals surface area contributed by atoms with Gasteiger partial charge in [-0.3, -0.25) is 4.79 Å². The average molecular weight is 185 g/mol. The molecule has 13 heavy (non-hydrogen) atoms. The molecule has 0 aromatic rings. The largest absolute Gasteiger partial charge is 0.463 e. The minimum Gasteiger partial charge on any atom is -0.463 e. The van der Waals surface area contributed by atoms with Gasteiger partial charge in [-0.15, -0.1) is 0 Å². The molecule has 0 atom stereocenters. The van der Waals surface area contributed by atoms with Gasteiger partial charge in [0.05, 0.1) is 6.10 Å². The van der Waals surface area contributed by atoms with E-state index in [0.29, 0.717) is 6.42 Å². The number of esters is 1. The molecule has 0 heterocycles. The van der Waals surface area contributed by atoms with Gasteiger partial charge in [-0.05, 0) is 33.6 Å². The van der Waals surface area contributed by atoms with Gasteiger partial charge in [0, 0.05) is 12.1 Å². The van der Waals surface area contributed by atoms with Crippen molar-refractivity contribution >= 4 is 5.97 Å². The first-order valence-electron chi connectivity index (χ1n) is 4.64. The van der Waals surface area contributed by atoms with E-state index in [1.807, 2.05) is 26.8 Å². The fraction of sp³-hybridized carbons (Fsp3) is 0.700. The van der Waals surface area contributed by atoms with Gasteiger partial charge in [0.2, 0.25) is 0 Å². The highest BCUT2D eigenvalue weighted by atomic mass is 16.5. The van der Waals surface area contributed by atoms with Crippen LogP contribution in [0.4, 0.5) is 0 Å². The first kappa shape index (κ1) is 12.0. The van der Waals surface area contributed by atoms with Crippen LogP contribution in [0, 0.1) is 0 Å². The van der Waals surface area contributed by atoms with Gasteiger partial charge >= 0.3 is 5.97 Å². The maximum absolute atomic E-state index is 11.0. The molecule has 0 aliphatic rings. The summed E-state index contributed by atoms with van der Waals surface area (Å²) >= 11 is 0. The number of allylic oxidation sites excluding steroid dienone is 2. The van der Waals surface area contributed by atoms with E-state index < -0.39 is 0 Å². The number of rotatable bonds is 5. The van der Waals surface area contributed by atoms with E-state index >= 15 is 0 Å². The Morgan fingerprint density at radius 3 is 2.62 bits per heavy atom. The monoisotopic (exact) mass is 185 g/mol. The molecule has 0 unspecified atom stereocenters. The topological polar surface area (TPSA) is 52.3 Å². The normalized spacial score (nSPS) is 11.8. The molecule has 0 rings (SSSR count). The van der Waals surface area contributed by atoms with Gasteiger partial charge in [0.15, 0.2) is 0 Å². The van der Waals surface area contributed by atoms with Crippen molar-refractivity contribution in [2.24, 2.45) is 5.73 Å². The quantitative estimate of drug-likeness (QED) is 0.526. The van der Waals surface area contributed by atoms with Crippen LogP contribution in [0.5, 0.6) is 0 Å². The van der Waals surface area contributed by atoms with Gasteiger partial charge in [-0.1, -0.05) is 6.08 Å². The van der Waals surface area contributed by atoms with Crippen molar-refractivity contribution in [3.05, 3.63) is 11.8 Å². The van der Waals surface area contributed by atoms with E-state index in [4.69, 9.17) is 10.5 Å². The number of ether oxygens (including phenoxy) is 1. The van der Waals surface area contributed by atoms with Gasteiger partial charge in [0.1, 0.15) is 0 Å². The predicted molar refractivity (Wildman–Crippen MR) is 53.0 cm³/mol. The maximum Gasteiger partial charge on any atom is 0.306 e. The average Bonchev–Trinajstić information content (AvgIpc) is 1.96. The summed E-state index contributed by atoms with van der Waals surface area (Å²) in [4.78, 5) is 11.0. The molecule has 0 spiro atoms. The van der Waals surface area contributed by atoms with Crippen molar-refractivity contribution in [2.75, 3.05) is 0 Å². The number of hydrogen-bond donors (Lipinski definition) is 1. The number of carbonyl (C=O) groups excluding carboxylic acids is 1. The van der Waals surface area contributed by atoms with Crippen LogP contribution < -0.4 is 5.73 Å². The van der Waals surface area contributed by atoms with Gasteiger partial charge in [-0.25, -0.2) is 0 Å². The Balaban J connectivity index is 3.43. The molecule has 2 N–H and O–H groups in total. The summed E-state index contributed by atoms with van der Waals surface area (Å²) in [5.74, 6) is -0.127. The van der Waals surface area contributed by atoms with E-state index in [2.05, 4.69) is 0 Å². The van der Waals surface area contributed by atoms with Crippen LogP contribution in [0.3, 0.4) is 0 Å². The van der Waals surface area contributed by atoms with Crippen LogP contribution in [0.1, 0.15) is 40.0 Å². The molecule has 0 aromatic carbocycles. The molecule has 0 aromatic heterocycles. The third-order valence-electron chi connectivity index (χ3n) is 1.42. The second-order valence-electron chi connectivity index (χ2n) is 3.38. The summed E-state index contributed by atoms with van der Waals surface area (Å²) in [6.07, 6.45) is 4.03. The Bertz CT molecular complexity index is 181. The van der Waals surface area contributed by atoms with Crippen LogP contribution in [-0.4, -0.2) is 12.1 Å². The highest BCUT2D eigenvalue weighted by Gasteiger charge is 2.03. The Hall–Kier alpha value is -0.990. The summed E-state index contributed by atoms with van der Waals surface area (Å²) in [5, 5.41) is 0. The minimum absolute atomic E-state index is 0.0145. The van der Waals surface area contributed by atoms with Crippen molar-refractivity contribution in [3.8, 4) is 0 Å². The summed E-state index contributed by atoms with van der Waals surface area (Å²) in [5.41, 5.74) is 6.24. The van der Waals surface area contributed by atoms with Crippen molar-refractivity contribution < 1.29 is 9.53 Å². The Morgan fingerprint density at radius 1 is 1.54 bits per heavy atom. The molecule has 0 saturated carbocycles. The standard InChI is InChI=1S/C10H19NO2/c1-8(2)13-10(12)7-5-4-6-9(3)11/h6,8H,4-5,7,11H2,1-3H3. The number of nitrogens with two attached hydrogens (primary N) is 1. The van der Waals surface area contributed by atoms with E-state index in [1.54, 1.807) is 0 Å². The lowest BCUT2D eigenvalue weighted by molar-refractivity contribution is -0.147. The Labute approximate surface area is 79.9 Å². The van der Waals surface area contributed by atoms with E-state index in [0.717, 1.165) is 18.5 Å². The van der Waals surface area contributed by atoms with Crippen LogP contribution >= 0.6 is 0 Å². The summed E-state index contributed by atoms with van der Waals surface area (Å²) in [6.45, 7) is 5.54. The fourth-order valence-corrected chi connectivity index (χ4v) is 0.898. The first-order chi connectivity index (χ1) is 6.02. The molecule has 76 valence electrons. The number of unbranched alkanes of at least 4 members (excludes halogenated alkanes) is 1. The van der Waals surface area contributed by atoms with Crippen LogP contribution in [0.25, 0.3) is 0 Å². The van der Waals surface area contributed by atoms with Crippen molar-refractivity contribution in [2.45, 2.75) is 46.1 Å². The van der Waals surface area contributed by atoms with Crippen LogP contribution in [-0.2, 0) is 9.53 Å². The summed E-state index contributed by atoms with van der Waals surface area (Å²) in [6, 6.07) is 0. The second-order valence-corrected chi connectivity index (χ2v) is 3.38. The molecule has 3 heteroatoms. The summed E-state index contributed by atoms with van der Waals surface area (Å²) in [7, 11) is 0. The van der Waals surface area contributed by atoms with E-state index in [1.165, 1.54) is 0 Å². The second kappa shape index (κ2) is 6.52. The lowest BCUT2D eigenvalue weighted by Crippen LogP contribution is -2.10. The van der Waals surface area contributed by atoms with Crippen molar-refractivity contribution in [1.82, 2.24) is 0 Å². The predicted octanol–water partition coefficient (Wildman–Crippen LogP) is 1.97. The lowest BCUT2D eigenvalue weighted by Gasteiger charge is -2.06. The highest BCUT2D eigenvalue weighted by Crippen LogP contribution is 2.01. The van der Waals surface area contributed by atoms with Gasteiger partial charge in [0.25, 0.3) is 0 Å². The molecule has 3 nitrogen and oxygen atoms in total. The smallest absolute Gasteiger partial charge is 0.306 e. The zero-order valence-corrected chi connectivity index (χ0v) is 8.67. The van der Waals surface area contributed by atoms with E-state index in [-0.39, 0.29) is 12.1 Å². The molecule has 0 fully saturated rings. The SMILES string of the molecule is CC(N)=CCCCC(=O)OC(C)C. The molecule has 0 bridgehead atoms. The zero-order valence-electron chi connectivity index (χ0n) is 8.67. The molecule has 0 saturated heterocycles. The van der Waals surface area contributed by atoms with Crippen molar-refractivity contribution in [1.29, 1.82) is 0 Å². The van der Waals surface area contributed by atoms with Crippen LogP contribution in [0.15, 0.2) is 11.8 Å². The van der Waals surface area contributed by atoms with Gasteiger partial charge < -0.3 is 10.5 Å². The van der Waals surface area contributed by atoms with E-state index in [9.17, 15) is 4.79 Å². The number of hydrogen-bond acceptors (Lipinski definition) is 3. The molecule has 0 aliphatic carbocycles. The van der Waals surface area contributed by atoms with Crippen molar-refractivity contribution in [3.63, 3.8) is 0 Å². The van der Waals surface area contributed by atoms with Crippen LogP contribution in [0.2, 0.25) is 0 Å². The Kier molecular flexibility index (Phi) is 6.02. The molecule has 0 radical (unpaired) electrons. The third kappa shape index (κ3) is 8.92. The fourth-order valence-electron chi connectivity index (χ4n) is 0.898. The Morgan fingerprint density at radius 2 is 2.15 bits per heavy atom. The molecular formula is C10H19NO2. The third-order valence-corrected chi connectivity index (χ3v) is 1.42. The summed E-state index contributed by atoms with van der Waals surface area (Å²) < 4.78 is 4.97. The lowest BCUT2D eigenvalue weighted by atomic mass is 10.2. The first-order valence-corrected chi connectivity index (χ1v) is 4.64. The molecule has 0 amide bonds. The highest BCUT2D eigenvalue weighted by molar-refractivity contribution is 5.69. The minimum atomic E-state index is -0.127. The number of carbonyl (C=O) groups is 1. The molecular weight excluding hydrogens is 166 g/mol. The molecule has 0 aliphatic heterocycles. The van der Waals surface area contributed by atoms with Gasteiger partial charge in [-0.2, -0.15) is 0 Å². The maximum atomic E-state index is 11.0.